The molecule has 0 amide bonds. The molecule has 0 spiro atoms. The quantitative estimate of drug-likeness (QED) is 0.587. The van der Waals surface area contributed by atoms with Crippen LogP contribution in [0.4, 0.5) is 0 Å². The fraction of sp³-hybridized carbons (Fsp3) is 0.647. The molecule has 1 atom stereocenters. The second kappa shape index (κ2) is 10.2. The summed E-state index contributed by atoms with van der Waals surface area (Å²) in [6.45, 7) is 4.91. The summed E-state index contributed by atoms with van der Waals surface area (Å²) in [5, 5.41) is 0. The van der Waals surface area contributed by atoms with Crippen molar-refractivity contribution < 1.29 is 19.0 Å². The standard InChI is InChI=1S/C17H27NO4/c1-5-6-8-15(13(2)19)14-11-16(17(21-4)18-12-14)22-10-7-9-20-3/h11-12,15H,5-10H2,1-4H3. The van der Waals surface area contributed by atoms with Crippen molar-refractivity contribution in [3.8, 4) is 11.6 Å². The Bertz CT molecular complexity index is 462. The normalized spacial score (nSPS) is 12.0. The molecule has 1 heterocycles. The summed E-state index contributed by atoms with van der Waals surface area (Å²) in [5.41, 5.74) is 0.892. The van der Waals surface area contributed by atoms with E-state index in [2.05, 4.69) is 11.9 Å². The summed E-state index contributed by atoms with van der Waals surface area (Å²) >= 11 is 0. The Morgan fingerprint density at radius 2 is 2.05 bits per heavy atom. The molecule has 0 fully saturated rings. The first-order valence-corrected chi connectivity index (χ1v) is 7.80. The van der Waals surface area contributed by atoms with Crippen LogP contribution in [-0.2, 0) is 9.53 Å². The first-order valence-electron chi connectivity index (χ1n) is 7.80. The summed E-state index contributed by atoms with van der Waals surface area (Å²) in [7, 11) is 3.22. The molecule has 5 heteroatoms. The van der Waals surface area contributed by atoms with E-state index in [1.165, 1.54) is 0 Å². The third-order valence-corrected chi connectivity index (χ3v) is 3.52. The summed E-state index contributed by atoms with van der Waals surface area (Å²) in [6.07, 6.45) is 5.41. The van der Waals surface area contributed by atoms with Gasteiger partial charge in [0.15, 0.2) is 5.75 Å². The maximum Gasteiger partial charge on any atom is 0.256 e. The van der Waals surface area contributed by atoms with Gasteiger partial charge in [-0.05, 0) is 25.0 Å². The highest BCUT2D eigenvalue weighted by Crippen LogP contribution is 2.31. The van der Waals surface area contributed by atoms with E-state index in [9.17, 15) is 4.79 Å². The molecule has 0 saturated heterocycles. The largest absolute Gasteiger partial charge is 0.488 e. The van der Waals surface area contributed by atoms with Gasteiger partial charge in [-0.2, -0.15) is 0 Å². The average Bonchev–Trinajstić information content (AvgIpc) is 2.52. The Kier molecular flexibility index (Phi) is 8.51. The van der Waals surface area contributed by atoms with Crippen molar-refractivity contribution in [3.05, 3.63) is 17.8 Å². The van der Waals surface area contributed by atoms with Crippen LogP contribution in [0.5, 0.6) is 11.6 Å². The fourth-order valence-corrected chi connectivity index (χ4v) is 2.29. The van der Waals surface area contributed by atoms with Gasteiger partial charge >= 0.3 is 0 Å². The maximum absolute atomic E-state index is 11.9. The highest BCUT2D eigenvalue weighted by atomic mass is 16.5. The number of hydrogen-bond donors (Lipinski definition) is 0. The van der Waals surface area contributed by atoms with Crippen molar-refractivity contribution >= 4 is 5.78 Å². The number of Topliss-reactive ketones (excluding diaryl/α,β-unsaturated/α-hetero) is 1. The number of carbonyl (C=O) groups excluding carboxylic acids is 1. The van der Waals surface area contributed by atoms with Crippen LogP contribution in [0.25, 0.3) is 0 Å². The highest BCUT2D eigenvalue weighted by molar-refractivity contribution is 5.83. The Labute approximate surface area is 133 Å². The molecule has 124 valence electrons. The molecule has 1 aromatic rings. The molecule has 1 unspecified atom stereocenters. The number of rotatable bonds is 11. The molecule has 0 aliphatic carbocycles. The number of aromatic nitrogens is 1. The van der Waals surface area contributed by atoms with E-state index in [4.69, 9.17) is 14.2 Å². The van der Waals surface area contributed by atoms with E-state index in [0.29, 0.717) is 24.8 Å². The second-order valence-electron chi connectivity index (χ2n) is 5.28. The number of ether oxygens (including phenoxy) is 3. The van der Waals surface area contributed by atoms with Gasteiger partial charge in [0.2, 0.25) is 0 Å². The van der Waals surface area contributed by atoms with E-state index in [0.717, 1.165) is 31.2 Å². The van der Waals surface area contributed by atoms with Gasteiger partial charge in [-0.25, -0.2) is 4.98 Å². The number of unbranched alkanes of at least 4 members (excludes halogenated alkanes) is 1. The van der Waals surface area contributed by atoms with Gasteiger partial charge in [0, 0.05) is 32.3 Å². The van der Waals surface area contributed by atoms with Gasteiger partial charge in [-0.3, -0.25) is 4.79 Å². The van der Waals surface area contributed by atoms with Crippen LogP contribution in [0.15, 0.2) is 12.3 Å². The van der Waals surface area contributed by atoms with E-state index in [-0.39, 0.29) is 11.7 Å². The maximum atomic E-state index is 11.9. The number of hydrogen-bond acceptors (Lipinski definition) is 5. The van der Waals surface area contributed by atoms with Crippen LogP contribution in [0.2, 0.25) is 0 Å². The van der Waals surface area contributed by atoms with Crippen LogP contribution >= 0.6 is 0 Å². The van der Waals surface area contributed by atoms with Crippen molar-refractivity contribution in [2.75, 3.05) is 27.4 Å². The molecule has 0 bridgehead atoms. The molecule has 22 heavy (non-hydrogen) atoms. The number of nitrogens with zero attached hydrogens (tertiary/aromatic N) is 1. The molecule has 0 saturated carbocycles. The Hall–Kier alpha value is -1.62. The highest BCUT2D eigenvalue weighted by Gasteiger charge is 2.19. The third kappa shape index (κ3) is 5.64. The minimum atomic E-state index is -0.125. The molecule has 1 rings (SSSR count). The SMILES string of the molecule is CCCCC(C(C)=O)c1cnc(OC)c(OCCCOC)c1. The van der Waals surface area contributed by atoms with E-state index < -0.39 is 0 Å². The Morgan fingerprint density at radius 3 is 2.64 bits per heavy atom. The summed E-state index contributed by atoms with van der Waals surface area (Å²) in [4.78, 5) is 16.2. The lowest BCUT2D eigenvalue weighted by Crippen LogP contribution is -2.11. The molecule has 0 aliphatic rings. The molecular weight excluding hydrogens is 282 g/mol. The molecular formula is C17H27NO4. The van der Waals surface area contributed by atoms with E-state index in [1.54, 1.807) is 27.3 Å². The Balaban J connectivity index is 2.88. The average molecular weight is 309 g/mol. The molecule has 0 N–H and O–H groups in total. The molecule has 0 radical (unpaired) electrons. The topological polar surface area (TPSA) is 57.7 Å². The predicted molar refractivity (Wildman–Crippen MR) is 85.7 cm³/mol. The Morgan fingerprint density at radius 1 is 1.27 bits per heavy atom. The predicted octanol–water partition coefficient (Wildman–Crippen LogP) is 3.37. The first-order chi connectivity index (χ1) is 10.6. The van der Waals surface area contributed by atoms with E-state index in [1.807, 2.05) is 6.07 Å². The van der Waals surface area contributed by atoms with Crippen LogP contribution < -0.4 is 9.47 Å². The summed E-state index contributed by atoms with van der Waals surface area (Å²) < 4.78 is 16.0. The van der Waals surface area contributed by atoms with Crippen LogP contribution in [-0.4, -0.2) is 38.2 Å². The lowest BCUT2D eigenvalue weighted by atomic mass is 9.91. The lowest BCUT2D eigenvalue weighted by Gasteiger charge is -2.16. The van der Waals surface area contributed by atoms with Gasteiger partial charge in [0.1, 0.15) is 5.78 Å². The zero-order valence-electron chi connectivity index (χ0n) is 14.1. The van der Waals surface area contributed by atoms with Gasteiger partial charge in [0.25, 0.3) is 5.88 Å². The smallest absolute Gasteiger partial charge is 0.256 e. The summed E-state index contributed by atoms with van der Waals surface area (Å²) in [5.74, 6) is 1.06. The van der Waals surface area contributed by atoms with Gasteiger partial charge in [-0.1, -0.05) is 19.8 Å². The van der Waals surface area contributed by atoms with Gasteiger partial charge in [-0.15, -0.1) is 0 Å². The van der Waals surface area contributed by atoms with Crippen molar-refractivity contribution in [2.24, 2.45) is 0 Å². The molecule has 0 aromatic carbocycles. The van der Waals surface area contributed by atoms with Gasteiger partial charge in [0.05, 0.1) is 13.7 Å². The number of methoxy groups -OCH3 is 2. The zero-order valence-corrected chi connectivity index (χ0v) is 14.1. The summed E-state index contributed by atoms with van der Waals surface area (Å²) in [6, 6.07) is 1.88. The fourth-order valence-electron chi connectivity index (χ4n) is 2.29. The minimum Gasteiger partial charge on any atom is -0.488 e. The minimum absolute atomic E-state index is 0.125. The van der Waals surface area contributed by atoms with Crippen LogP contribution in [0, 0.1) is 0 Å². The van der Waals surface area contributed by atoms with Crippen molar-refractivity contribution in [2.45, 2.75) is 45.4 Å². The number of carbonyl (C=O) groups is 1. The van der Waals surface area contributed by atoms with Crippen molar-refractivity contribution in [3.63, 3.8) is 0 Å². The monoisotopic (exact) mass is 309 g/mol. The number of pyridine rings is 1. The second-order valence-corrected chi connectivity index (χ2v) is 5.28. The molecule has 5 nitrogen and oxygen atoms in total. The van der Waals surface area contributed by atoms with Gasteiger partial charge < -0.3 is 14.2 Å². The molecule has 1 aromatic heterocycles. The lowest BCUT2D eigenvalue weighted by molar-refractivity contribution is -0.118. The third-order valence-electron chi connectivity index (χ3n) is 3.52. The van der Waals surface area contributed by atoms with Crippen molar-refractivity contribution in [1.29, 1.82) is 0 Å². The van der Waals surface area contributed by atoms with Crippen molar-refractivity contribution in [1.82, 2.24) is 4.98 Å². The van der Waals surface area contributed by atoms with E-state index >= 15 is 0 Å². The molecule has 0 aliphatic heterocycles. The van der Waals surface area contributed by atoms with Crippen LogP contribution in [0.3, 0.4) is 0 Å². The zero-order chi connectivity index (χ0) is 16.4. The number of ketones is 1. The first kappa shape index (κ1) is 18.4. The van der Waals surface area contributed by atoms with Crippen LogP contribution in [0.1, 0.15) is 51.0 Å².